The predicted molar refractivity (Wildman–Crippen MR) is 102 cm³/mol. The number of benzene rings is 1. The molecule has 0 spiro atoms. The molecule has 3 aromatic rings. The quantitative estimate of drug-likeness (QED) is 0.706. The van der Waals surface area contributed by atoms with Crippen LogP contribution in [0.5, 0.6) is 0 Å². The number of fused-ring (bicyclic) bond motifs is 1. The highest BCUT2D eigenvalue weighted by atomic mass is 32.2. The first-order valence-electron chi connectivity index (χ1n) is 8.08. The maximum absolute atomic E-state index is 12.1. The van der Waals surface area contributed by atoms with Gasteiger partial charge in [0.1, 0.15) is 5.65 Å². The molecule has 0 saturated heterocycles. The molecule has 2 heterocycles. The lowest BCUT2D eigenvalue weighted by atomic mass is 9.87. The van der Waals surface area contributed by atoms with Crippen molar-refractivity contribution >= 4 is 17.4 Å². The molecule has 0 N–H and O–H groups in total. The van der Waals surface area contributed by atoms with Gasteiger partial charge in [0, 0.05) is 23.8 Å². The lowest BCUT2D eigenvalue weighted by Gasteiger charge is -2.19. The van der Waals surface area contributed by atoms with Gasteiger partial charge in [-0.05, 0) is 28.7 Å². The van der Waals surface area contributed by atoms with Crippen molar-refractivity contribution in [2.24, 2.45) is 0 Å². The van der Waals surface area contributed by atoms with Gasteiger partial charge in [0.05, 0.1) is 5.69 Å². The molecular formula is C20H22N2OS. The largest absolute Gasteiger partial charge is 0.269 e. The summed E-state index contributed by atoms with van der Waals surface area (Å²) in [6, 6.07) is 16.0. The van der Waals surface area contributed by atoms with E-state index in [-0.39, 0.29) is 11.0 Å². The molecule has 0 aliphatic carbocycles. The molecule has 0 atom stereocenters. The van der Waals surface area contributed by atoms with Crippen LogP contribution in [-0.4, -0.2) is 9.38 Å². The van der Waals surface area contributed by atoms with E-state index in [2.05, 4.69) is 50.0 Å². The smallest absolute Gasteiger partial charge is 0.258 e. The Hall–Kier alpha value is -2.07. The van der Waals surface area contributed by atoms with Crippen molar-refractivity contribution < 1.29 is 0 Å². The van der Waals surface area contributed by atoms with E-state index >= 15 is 0 Å². The van der Waals surface area contributed by atoms with E-state index < -0.39 is 0 Å². The summed E-state index contributed by atoms with van der Waals surface area (Å²) in [5.74, 6) is 1.65. The Morgan fingerprint density at radius 3 is 2.50 bits per heavy atom. The molecule has 4 heteroatoms. The van der Waals surface area contributed by atoms with Crippen LogP contribution in [0.2, 0.25) is 0 Å². The Balaban J connectivity index is 1.65. The molecule has 0 saturated carbocycles. The first kappa shape index (κ1) is 16.8. The number of hydrogen-bond acceptors (Lipinski definition) is 3. The van der Waals surface area contributed by atoms with Crippen molar-refractivity contribution in [1.82, 2.24) is 9.38 Å². The van der Waals surface area contributed by atoms with Crippen LogP contribution >= 0.6 is 11.8 Å². The lowest BCUT2D eigenvalue weighted by Crippen LogP contribution is -2.14. The molecule has 0 bridgehead atoms. The Morgan fingerprint density at radius 1 is 1.04 bits per heavy atom. The summed E-state index contributed by atoms with van der Waals surface area (Å²) in [6.07, 6.45) is 1.75. The number of pyridine rings is 1. The van der Waals surface area contributed by atoms with Gasteiger partial charge in [-0.3, -0.25) is 9.20 Å². The fraction of sp³-hybridized carbons (Fsp3) is 0.300. The van der Waals surface area contributed by atoms with E-state index in [0.29, 0.717) is 5.65 Å². The Labute approximate surface area is 146 Å². The van der Waals surface area contributed by atoms with Gasteiger partial charge in [0.25, 0.3) is 5.56 Å². The maximum atomic E-state index is 12.1. The number of rotatable bonds is 4. The topological polar surface area (TPSA) is 34.4 Å². The number of thioether (sulfide) groups is 1. The summed E-state index contributed by atoms with van der Waals surface area (Å²) in [5.41, 5.74) is 4.34. The van der Waals surface area contributed by atoms with E-state index in [4.69, 9.17) is 0 Å². The molecule has 0 amide bonds. The van der Waals surface area contributed by atoms with Crippen LogP contribution in [0.3, 0.4) is 0 Å². The minimum Gasteiger partial charge on any atom is -0.269 e. The van der Waals surface area contributed by atoms with Gasteiger partial charge in [-0.1, -0.05) is 51.1 Å². The van der Waals surface area contributed by atoms with Crippen LogP contribution in [0.1, 0.15) is 37.6 Å². The van der Waals surface area contributed by atoms with Gasteiger partial charge >= 0.3 is 0 Å². The normalized spacial score (nSPS) is 11.8. The summed E-state index contributed by atoms with van der Waals surface area (Å²) in [6.45, 7) is 6.67. The standard InChI is InChI=1S/C20H22N2OS/c1-20(2,3)16-9-7-15(8-10-16)13-24-14-17-12-19(23)22-11-5-4-6-18(22)21-17/h4-12H,13-14H2,1-3H3. The van der Waals surface area contributed by atoms with Crippen molar-refractivity contribution in [2.75, 3.05) is 0 Å². The van der Waals surface area contributed by atoms with Crippen molar-refractivity contribution in [1.29, 1.82) is 0 Å². The first-order valence-corrected chi connectivity index (χ1v) is 9.23. The maximum Gasteiger partial charge on any atom is 0.258 e. The third-order valence-corrected chi connectivity index (χ3v) is 5.00. The molecule has 1 aromatic carbocycles. The van der Waals surface area contributed by atoms with Crippen LogP contribution in [0.4, 0.5) is 0 Å². The third kappa shape index (κ3) is 3.88. The van der Waals surface area contributed by atoms with Crippen LogP contribution in [-0.2, 0) is 16.9 Å². The van der Waals surface area contributed by atoms with Crippen molar-refractivity contribution in [2.45, 2.75) is 37.7 Å². The summed E-state index contributed by atoms with van der Waals surface area (Å²) >= 11 is 1.78. The van der Waals surface area contributed by atoms with E-state index in [1.54, 1.807) is 28.4 Å². The molecule has 0 aliphatic rings. The van der Waals surface area contributed by atoms with Gasteiger partial charge in [-0.15, -0.1) is 0 Å². The fourth-order valence-corrected chi connectivity index (χ4v) is 3.44. The lowest BCUT2D eigenvalue weighted by molar-refractivity contribution is 0.590. The van der Waals surface area contributed by atoms with Gasteiger partial charge < -0.3 is 0 Å². The van der Waals surface area contributed by atoms with Gasteiger partial charge in [-0.2, -0.15) is 11.8 Å². The van der Waals surface area contributed by atoms with Crippen LogP contribution in [0.15, 0.2) is 59.5 Å². The first-order chi connectivity index (χ1) is 11.4. The monoisotopic (exact) mass is 338 g/mol. The molecular weight excluding hydrogens is 316 g/mol. The minimum absolute atomic E-state index is 0.0225. The zero-order valence-electron chi connectivity index (χ0n) is 14.3. The third-order valence-electron chi connectivity index (χ3n) is 3.96. The highest BCUT2D eigenvalue weighted by Crippen LogP contribution is 2.24. The summed E-state index contributed by atoms with van der Waals surface area (Å²) in [5, 5.41) is 0. The fourth-order valence-electron chi connectivity index (χ4n) is 2.55. The van der Waals surface area contributed by atoms with Gasteiger partial charge in [0.2, 0.25) is 0 Å². The van der Waals surface area contributed by atoms with E-state index in [1.165, 1.54) is 11.1 Å². The van der Waals surface area contributed by atoms with Gasteiger partial charge in [0.15, 0.2) is 0 Å². The summed E-state index contributed by atoms with van der Waals surface area (Å²) < 4.78 is 1.57. The SMILES string of the molecule is CC(C)(C)c1ccc(CSCc2cc(=O)n3ccccc3n2)cc1. The van der Waals surface area contributed by atoms with Crippen molar-refractivity contribution in [3.05, 3.63) is 81.9 Å². The second kappa shape index (κ2) is 6.81. The Kier molecular flexibility index (Phi) is 4.76. The summed E-state index contributed by atoms with van der Waals surface area (Å²) in [7, 11) is 0. The van der Waals surface area contributed by atoms with Crippen molar-refractivity contribution in [3.63, 3.8) is 0 Å². The summed E-state index contributed by atoms with van der Waals surface area (Å²) in [4.78, 5) is 16.6. The highest BCUT2D eigenvalue weighted by Gasteiger charge is 2.12. The zero-order chi connectivity index (χ0) is 17.2. The van der Waals surface area contributed by atoms with Crippen molar-refractivity contribution in [3.8, 4) is 0 Å². The second-order valence-electron chi connectivity index (χ2n) is 6.95. The predicted octanol–water partition coefficient (Wildman–Crippen LogP) is 4.43. The molecule has 3 nitrogen and oxygen atoms in total. The average molecular weight is 338 g/mol. The molecule has 0 radical (unpaired) electrons. The molecule has 0 aliphatic heterocycles. The van der Waals surface area contributed by atoms with Gasteiger partial charge in [-0.25, -0.2) is 4.98 Å². The molecule has 0 unspecified atom stereocenters. The minimum atomic E-state index is -0.0225. The molecule has 3 rings (SSSR count). The molecule has 0 fully saturated rings. The van der Waals surface area contributed by atoms with E-state index in [1.807, 2.05) is 18.2 Å². The van der Waals surface area contributed by atoms with Crippen LogP contribution in [0.25, 0.3) is 5.65 Å². The van der Waals surface area contributed by atoms with E-state index in [9.17, 15) is 4.79 Å². The molecule has 2 aromatic heterocycles. The number of hydrogen-bond donors (Lipinski definition) is 0. The molecule has 124 valence electrons. The number of aromatic nitrogens is 2. The Bertz CT molecular complexity index is 892. The zero-order valence-corrected chi connectivity index (χ0v) is 15.1. The highest BCUT2D eigenvalue weighted by molar-refractivity contribution is 7.97. The average Bonchev–Trinajstić information content (AvgIpc) is 2.55. The van der Waals surface area contributed by atoms with Crippen LogP contribution < -0.4 is 5.56 Å². The van der Waals surface area contributed by atoms with E-state index in [0.717, 1.165) is 17.2 Å². The molecule has 24 heavy (non-hydrogen) atoms. The number of nitrogens with zero attached hydrogens (tertiary/aromatic N) is 2. The Morgan fingerprint density at radius 2 is 1.79 bits per heavy atom. The second-order valence-corrected chi connectivity index (χ2v) is 7.94. The van der Waals surface area contributed by atoms with Crippen LogP contribution in [0, 0.1) is 0 Å².